The molecule has 1 saturated heterocycles. The van der Waals surface area contributed by atoms with Gasteiger partial charge in [-0.1, -0.05) is 6.07 Å². The number of nitrogens with one attached hydrogen (secondary N) is 1. The molecule has 0 spiro atoms. The van der Waals surface area contributed by atoms with Crippen LogP contribution < -0.4 is 14.8 Å². The average molecular weight is 318 g/mol. The number of hydrogen-bond acceptors (Lipinski definition) is 4. The highest BCUT2D eigenvalue weighted by Gasteiger charge is 2.34. The van der Waals surface area contributed by atoms with Crippen molar-refractivity contribution in [3.8, 4) is 11.5 Å². The topological polar surface area (TPSA) is 50.8 Å². The molecule has 1 aromatic carbocycles. The Hall–Kier alpha value is -1.75. The number of ether oxygens (including phenoxy) is 2. The number of benzene rings is 1. The van der Waals surface area contributed by atoms with Gasteiger partial charge < -0.3 is 14.8 Å². The molecule has 126 valence electrons. The molecule has 0 radical (unpaired) electrons. The van der Waals surface area contributed by atoms with E-state index in [0.717, 1.165) is 31.1 Å². The van der Waals surface area contributed by atoms with E-state index >= 15 is 0 Å². The molecule has 3 rings (SSSR count). The highest BCUT2D eigenvalue weighted by atomic mass is 16.5. The van der Waals surface area contributed by atoms with Gasteiger partial charge in [-0.2, -0.15) is 0 Å². The molecular formula is C18H26N2O3. The van der Waals surface area contributed by atoms with Crippen molar-refractivity contribution in [1.82, 2.24) is 10.2 Å². The van der Waals surface area contributed by atoms with E-state index in [0.29, 0.717) is 30.4 Å². The summed E-state index contributed by atoms with van der Waals surface area (Å²) < 4.78 is 10.5. The first-order chi connectivity index (χ1) is 11.2. The molecule has 0 bridgehead atoms. The molecule has 1 aliphatic carbocycles. The molecule has 2 aliphatic rings. The second kappa shape index (κ2) is 7.21. The molecule has 2 fully saturated rings. The van der Waals surface area contributed by atoms with Crippen LogP contribution in [0.4, 0.5) is 0 Å². The van der Waals surface area contributed by atoms with Crippen LogP contribution in [-0.2, 0) is 11.2 Å². The van der Waals surface area contributed by atoms with Gasteiger partial charge in [0.25, 0.3) is 0 Å². The van der Waals surface area contributed by atoms with Gasteiger partial charge in [0, 0.05) is 31.6 Å². The van der Waals surface area contributed by atoms with Crippen molar-refractivity contribution in [2.24, 2.45) is 0 Å². The number of hydrogen-bond donors (Lipinski definition) is 1. The van der Waals surface area contributed by atoms with Gasteiger partial charge in [0.2, 0.25) is 5.91 Å². The lowest BCUT2D eigenvalue weighted by molar-refractivity contribution is -0.121. The Kier molecular flexibility index (Phi) is 5.06. The first kappa shape index (κ1) is 16.1. The van der Waals surface area contributed by atoms with E-state index in [1.165, 1.54) is 12.8 Å². The van der Waals surface area contributed by atoms with Crippen LogP contribution in [0.25, 0.3) is 0 Å². The summed E-state index contributed by atoms with van der Waals surface area (Å²) in [5.74, 6) is 1.57. The first-order valence-electron chi connectivity index (χ1n) is 8.44. The second-order valence-corrected chi connectivity index (χ2v) is 6.47. The lowest BCUT2D eigenvalue weighted by atomic mass is 10.1. The fourth-order valence-corrected chi connectivity index (χ4v) is 3.27. The van der Waals surface area contributed by atoms with Crippen LogP contribution in [0.15, 0.2) is 18.2 Å². The summed E-state index contributed by atoms with van der Waals surface area (Å²) in [7, 11) is 3.25. The molecule has 0 aromatic heterocycles. The van der Waals surface area contributed by atoms with Gasteiger partial charge in [0.1, 0.15) is 0 Å². The van der Waals surface area contributed by atoms with Crippen LogP contribution in [0.3, 0.4) is 0 Å². The summed E-state index contributed by atoms with van der Waals surface area (Å²) >= 11 is 0. The van der Waals surface area contributed by atoms with Crippen LogP contribution in [0, 0.1) is 0 Å². The molecular weight excluding hydrogens is 292 g/mol. The van der Waals surface area contributed by atoms with Crippen molar-refractivity contribution in [2.75, 3.05) is 27.3 Å². The maximum Gasteiger partial charge on any atom is 0.220 e. The van der Waals surface area contributed by atoms with E-state index in [4.69, 9.17) is 9.47 Å². The molecule has 1 saturated carbocycles. The predicted molar refractivity (Wildman–Crippen MR) is 89.0 cm³/mol. The Bertz CT molecular complexity index is 557. The average Bonchev–Trinajstić information content (AvgIpc) is 3.32. The number of aryl methyl sites for hydroxylation is 1. The van der Waals surface area contributed by atoms with E-state index < -0.39 is 0 Å². The van der Waals surface area contributed by atoms with Gasteiger partial charge in [0.05, 0.1) is 14.2 Å². The highest BCUT2D eigenvalue weighted by Crippen LogP contribution is 2.30. The first-order valence-corrected chi connectivity index (χ1v) is 8.44. The van der Waals surface area contributed by atoms with Crippen molar-refractivity contribution in [2.45, 2.75) is 44.2 Å². The fraction of sp³-hybridized carbons (Fsp3) is 0.611. The van der Waals surface area contributed by atoms with Crippen LogP contribution in [0.5, 0.6) is 11.5 Å². The third-order valence-corrected chi connectivity index (χ3v) is 4.74. The molecule has 5 nitrogen and oxygen atoms in total. The predicted octanol–water partition coefficient (Wildman–Crippen LogP) is 1.99. The third kappa shape index (κ3) is 4.16. The normalized spacial score (nSPS) is 21.2. The number of carbonyl (C=O) groups excluding carboxylic acids is 1. The summed E-state index contributed by atoms with van der Waals surface area (Å²) in [5, 5.41) is 3.18. The Labute approximate surface area is 137 Å². The van der Waals surface area contributed by atoms with E-state index in [1.54, 1.807) is 14.2 Å². The summed E-state index contributed by atoms with van der Waals surface area (Å²) in [6.45, 7) is 2.15. The van der Waals surface area contributed by atoms with E-state index in [-0.39, 0.29) is 5.91 Å². The Balaban J connectivity index is 1.45. The second-order valence-electron chi connectivity index (χ2n) is 6.47. The maximum atomic E-state index is 12.2. The van der Waals surface area contributed by atoms with Gasteiger partial charge in [-0.3, -0.25) is 9.69 Å². The number of methoxy groups -OCH3 is 2. The van der Waals surface area contributed by atoms with Crippen LogP contribution >= 0.6 is 0 Å². The van der Waals surface area contributed by atoms with Crippen LogP contribution in [0.2, 0.25) is 0 Å². The van der Waals surface area contributed by atoms with E-state index in [1.807, 2.05) is 18.2 Å². The minimum atomic E-state index is 0.141. The minimum absolute atomic E-state index is 0.141. The number of likely N-dealkylation sites (tertiary alicyclic amines) is 1. The maximum absolute atomic E-state index is 12.2. The molecule has 1 aliphatic heterocycles. The molecule has 23 heavy (non-hydrogen) atoms. The Morgan fingerprint density at radius 3 is 2.70 bits per heavy atom. The van der Waals surface area contributed by atoms with Crippen LogP contribution in [0.1, 0.15) is 31.2 Å². The SMILES string of the molecule is COc1ccc(CCC(=O)N[C@@H]2CCN(C3CC3)C2)cc1OC. The molecule has 0 unspecified atom stereocenters. The standard InChI is InChI=1S/C18H26N2O3/c1-22-16-7-3-13(11-17(16)23-2)4-8-18(21)19-14-9-10-20(12-14)15-5-6-15/h3,7,11,14-15H,4-6,8-10,12H2,1-2H3,(H,19,21)/t14-/m1/s1. The van der Waals surface area contributed by atoms with E-state index in [2.05, 4.69) is 10.2 Å². The van der Waals surface area contributed by atoms with Gasteiger partial charge in [-0.15, -0.1) is 0 Å². The van der Waals surface area contributed by atoms with Crippen molar-refractivity contribution in [3.05, 3.63) is 23.8 Å². The fourth-order valence-electron chi connectivity index (χ4n) is 3.27. The van der Waals surface area contributed by atoms with Crippen molar-refractivity contribution in [1.29, 1.82) is 0 Å². The molecule has 1 heterocycles. The zero-order valence-corrected chi connectivity index (χ0v) is 14.0. The minimum Gasteiger partial charge on any atom is -0.493 e. The quantitative estimate of drug-likeness (QED) is 0.835. The Morgan fingerprint density at radius 2 is 2.00 bits per heavy atom. The third-order valence-electron chi connectivity index (χ3n) is 4.74. The van der Waals surface area contributed by atoms with Crippen molar-refractivity contribution >= 4 is 5.91 Å². The highest BCUT2D eigenvalue weighted by molar-refractivity contribution is 5.76. The van der Waals surface area contributed by atoms with Crippen LogP contribution in [-0.4, -0.2) is 50.2 Å². The lowest BCUT2D eigenvalue weighted by Crippen LogP contribution is -2.37. The number of nitrogens with zero attached hydrogens (tertiary/aromatic N) is 1. The van der Waals surface area contributed by atoms with Crippen molar-refractivity contribution < 1.29 is 14.3 Å². The molecule has 1 amide bonds. The molecule has 1 atom stereocenters. The van der Waals surface area contributed by atoms with Gasteiger partial charge in [-0.05, 0) is 43.4 Å². The molecule has 1 N–H and O–H groups in total. The van der Waals surface area contributed by atoms with Gasteiger partial charge in [-0.25, -0.2) is 0 Å². The zero-order valence-electron chi connectivity index (χ0n) is 14.0. The molecule has 5 heteroatoms. The molecule has 1 aromatic rings. The summed E-state index contributed by atoms with van der Waals surface area (Å²) in [6, 6.07) is 6.93. The van der Waals surface area contributed by atoms with E-state index in [9.17, 15) is 4.79 Å². The van der Waals surface area contributed by atoms with Gasteiger partial charge >= 0.3 is 0 Å². The van der Waals surface area contributed by atoms with Crippen molar-refractivity contribution in [3.63, 3.8) is 0 Å². The number of carbonyl (C=O) groups is 1. The zero-order chi connectivity index (χ0) is 16.2. The lowest BCUT2D eigenvalue weighted by Gasteiger charge is -2.16. The largest absolute Gasteiger partial charge is 0.493 e. The summed E-state index contributed by atoms with van der Waals surface area (Å²) in [6.07, 6.45) is 4.97. The number of rotatable bonds is 7. The van der Waals surface area contributed by atoms with Gasteiger partial charge in [0.15, 0.2) is 11.5 Å². The number of amides is 1. The smallest absolute Gasteiger partial charge is 0.220 e. The summed E-state index contributed by atoms with van der Waals surface area (Å²) in [5.41, 5.74) is 1.09. The summed E-state index contributed by atoms with van der Waals surface area (Å²) in [4.78, 5) is 14.7. The Morgan fingerprint density at radius 1 is 1.22 bits per heavy atom. The monoisotopic (exact) mass is 318 g/mol.